The van der Waals surface area contributed by atoms with Crippen molar-refractivity contribution in [2.24, 2.45) is 0 Å². The van der Waals surface area contributed by atoms with E-state index >= 15 is 0 Å². The number of anilines is 1. The van der Waals surface area contributed by atoms with Crippen molar-refractivity contribution in [1.29, 1.82) is 0 Å². The van der Waals surface area contributed by atoms with Crippen molar-refractivity contribution in [1.82, 2.24) is 19.7 Å². The van der Waals surface area contributed by atoms with Crippen LogP contribution in [0.25, 0.3) is 11.5 Å². The van der Waals surface area contributed by atoms with Crippen molar-refractivity contribution in [3.05, 3.63) is 24.7 Å². The van der Waals surface area contributed by atoms with E-state index in [0.29, 0.717) is 11.7 Å². The van der Waals surface area contributed by atoms with Gasteiger partial charge in [0, 0.05) is 12.2 Å². The fraction of sp³-hybridized carbons (Fsp3) is 0.417. The summed E-state index contributed by atoms with van der Waals surface area (Å²) in [5.74, 6) is 0.787. The van der Waals surface area contributed by atoms with Crippen LogP contribution in [0.2, 0.25) is 0 Å². The fourth-order valence-corrected chi connectivity index (χ4v) is 2.47. The van der Waals surface area contributed by atoms with Crippen LogP contribution in [0.15, 0.2) is 24.7 Å². The second kappa shape index (κ2) is 4.16. The van der Waals surface area contributed by atoms with Gasteiger partial charge in [0.2, 0.25) is 0 Å². The van der Waals surface area contributed by atoms with E-state index in [1.54, 1.807) is 12.5 Å². The van der Waals surface area contributed by atoms with Crippen molar-refractivity contribution in [3.8, 4) is 11.5 Å². The molecule has 1 aliphatic carbocycles. The molecule has 0 atom stereocenters. The molecule has 5 nitrogen and oxygen atoms in total. The Bertz CT molecular complexity index is 513. The van der Waals surface area contributed by atoms with Gasteiger partial charge in [-0.2, -0.15) is 0 Å². The third-order valence-corrected chi connectivity index (χ3v) is 3.34. The van der Waals surface area contributed by atoms with Gasteiger partial charge in [-0.15, -0.1) is 10.2 Å². The van der Waals surface area contributed by atoms with Crippen LogP contribution in [0.3, 0.4) is 0 Å². The highest BCUT2D eigenvalue weighted by Crippen LogP contribution is 2.33. The van der Waals surface area contributed by atoms with Gasteiger partial charge in [0.1, 0.15) is 12.0 Å². The third-order valence-electron chi connectivity index (χ3n) is 3.34. The highest BCUT2D eigenvalue weighted by Gasteiger charge is 2.21. The molecule has 0 unspecified atom stereocenters. The molecule has 0 amide bonds. The lowest BCUT2D eigenvalue weighted by molar-refractivity contribution is 0.521. The number of hydrogen-bond donors (Lipinski definition) is 1. The molecule has 5 heteroatoms. The van der Waals surface area contributed by atoms with Crippen molar-refractivity contribution < 1.29 is 0 Å². The maximum Gasteiger partial charge on any atom is 0.184 e. The van der Waals surface area contributed by atoms with Gasteiger partial charge in [-0.05, 0) is 25.0 Å². The van der Waals surface area contributed by atoms with Gasteiger partial charge < -0.3 is 10.3 Å². The summed E-state index contributed by atoms with van der Waals surface area (Å²) in [6, 6.07) is 4.17. The average Bonchev–Trinajstić information content (AvgIpc) is 3.00. The molecule has 0 aliphatic heterocycles. The number of pyridine rings is 1. The van der Waals surface area contributed by atoms with Crippen molar-refractivity contribution in [3.63, 3.8) is 0 Å². The molecular formula is C12H15N5. The molecule has 3 rings (SSSR count). The van der Waals surface area contributed by atoms with Crippen LogP contribution in [0.4, 0.5) is 5.69 Å². The number of nitrogens with zero attached hydrogens (tertiary/aromatic N) is 4. The Labute approximate surface area is 99.7 Å². The van der Waals surface area contributed by atoms with Crippen LogP contribution < -0.4 is 5.73 Å². The summed E-state index contributed by atoms with van der Waals surface area (Å²) in [7, 11) is 0. The number of aromatic nitrogens is 4. The van der Waals surface area contributed by atoms with Gasteiger partial charge in [0.15, 0.2) is 5.82 Å². The van der Waals surface area contributed by atoms with Crippen LogP contribution in [-0.2, 0) is 0 Å². The Hall–Kier alpha value is -1.91. The molecule has 0 bridgehead atoms. The van der Waals surface area contributed by atoms with E-state index in [-0.39, 0.29) is 0 Å². The Kier molecular flexibility index (Phi) is 2.51. The minimum atomic E-state index is 0.501. The summed E-state index contributed by atoms with van der Waals surface area (Å²) in [6.45, 7) is 0. The summed E-state index contributed by atoms with van der Waals surface area (Å²) in [6.07, 6.45) is 8.47. The van der Waals surface area contributed by atoms with E-state index in [9.17, 15) is 0 Å². The molecule has 2 aromatic rings. The Balaban J connectivity index is 2.04. The summed E-state index contributed by atoms with van der Waals surface area (Å²) in [5.41, 5.74) is 7.32. The summed E-state index contributed by atoms with van der Waals surface area (Å²) >= 11 is 0. The fourth-order valence-electron chi connectivity index (χ4n) is 2.47. The molecule has 0 spiro atoms. The molecule has 2 aromatic heterocycles. The zero-order valence-electron chi connectivity index (χ0n) is 9.58. The largest absolute Gasteiger partial charge is 0.397 e. The number of nitrogens with two attached hydrogens (primary N) is 1. The Morgan fingerprint density at radius 2 is 2.12 bits per heavy atom. The summed E-state index contributed by atoms with van der Waals surface area (Å²) < 4.78 is 2.12. The molecule has 1 aliphatic rings. The zero-order valence-corrected chi connectivity index (χ0v) is 9.58. The minimum Gasteiger partial charge on any atom is -0.397 e. The van der Waals surface area contributed by atoms with Gasteiger partial charge in [-0.25, -0.2) is 0 Å². The van der Waals surface area contributed by atoms with Crippen LogP contribution in [-0.4, -0.2) is 19.7 Å². The first-order valence-corrected chi connectivity index (χ1v) is 5.96. The number of hydrogen-bond acceptors (Lipinski definition) is 4. The van der Waals surface area contributed by atoms with Gasteiger partial charge in [-0.1, -0.05) is 12.8 Å². The predicted molar refractivity (Wildman–Crippen MR) is 65.2 cm³/mol. The monoisotopic (exact) mass is 229 g/mol. The molecule has 0 aromatic carbocycles. The van der Waals surface area contributed by atoms with Gasteiger partial charge in [-0.3, -0.25) is 4.98 Å². The molecule has 0 radical (unpaired) electrons. The number of rotatable bonds is 2. The molecule has 1 saturated carbocycles. The molecule has 88 valence electrons. The SMILES string of the molecule is Nc1cccnc1-c1nncn1C1CCCC1. The van der Waals surface area contributed by atoms with Crippen LogP contribution in [0.5, 0.6) is 0 Å². The lowest BCUT2D eigenvalue weighted by Crippen LogP contribution is -2.07. The normalized spacial score (nSPS) is 16.5. The van der Waals surface area contributed by atoms with E-state index in [2.05, 4.69) is 19.7 Å². The van der Waals surface area contributed by atoms with E-state index in [4.69, 9.17) is 5.73 Å². The van der Waals surface area contributed by atoms with E-state index in [1.165, 1.54) is 25.7 Å². The van der Waals surface area contributed by atoms with Crippen LogP contribution >= 0.6 is 0 Å². The van der Waals surface area contributed by atoms with E-state index in [1.807, 2.05) is 12.1 Å². The quantitative estimate of drug-likeness (QED) is 0.855. The highest BCUT2D eigenvalue weighted by molar-refractivity contribution is 5.66. The van der Waals surface area contributed by atoms with E-state index < -0.39 is 0 Å². The predicted octanol–water partition coefficient (Wildman–Crippen LogP) is 2.04. The lowest BCUT2D eigenvalue weighted by Gasteiger charge is -2.13. The second-order valence-corrected chi connectivity index (χ2v) is 4.44. The second-order valence-electron chi connectivity index (χ2n) is 4.44. The summed E-state index contributed by atoms with van der Waals surface area (Å²) in [5, 5.41) is 8.16. The maximum absolute atomic E-state index is 5.94. The number of nitrogen functional groups attached to an aromatic ring is 1. The lowest BCUT2D eigenvalue weighted by atomic mass is 10.2. The minimum absolute atomic E-state index is 0.501. The third kappa shape index (κ3) is 1.77. The Morgan fingerprint density at radius 3 is 2.88 bits per heavy atom. The van der Waals surface area contributed by atoms with Gasteiger partial charge in [0.05, 0.1) is 5.69 Å². The van der Waals surface area contributed by atoms with Gasteiger partial charge >= 0.3 is 0 Å². The van der Waals surface area contributed by atoms with Crippen molar-refractivity contribution in [2.45, 2.75) is 31.7 Å². The molecule has 1 fully saturated rings. The van der Waals surface area contributed by atoms with Crippen molar-refractivity contribution in [2.75, 3.05) is 5.73 Å². The molecule has 0 saturated heterocycles. The first-order valence-electron chi connectivity index (χ1n) is 5.96. The van der Waals surface area contributed by atoms with Crippen LogP contribution in [0.1, 0.15) is 31.7 Å². The van der Waals surface area contributed by atoms with Gasteiger partial charge in [0.25, 0.3) is 0 Å². The molecular weight excluding hydrogens is 214 g/mol. The maximum atomic E-state index is 5.94. The van der Waals surface area contributed by atoms with Crippen molar-refractivity contribution >= 4 is 5.69 Å². The standard InChI is InChI=1S/C12H15N5/c13-10-6-3-7-14-11(10)12-16-15-8-17(12)9-4-1-2-5-9/h3,6-9H,1-2,4-5,13H2. The first kappa shape index (κ1) is 10.3. The Morgan fingerprint density at radius 1 is 1.29 bits per heavy atom. The average molecular weight is 229 g/mol. The summed E-state index contributed by atoms with van der Waals surface area (Å²) in [4.78, 5) is 4.30. The van der Waals surface area contributed by atoms with E-state index in [0.717, 1.165) is 11.5 Å². The van der Waals surface area contributed by atoms with Crippen LogP contribution in [0, 0.1) is 0 Å². The highest BCUT2D eigenvalue weighted by atomic mass is 15.3. The topological polar surface area (TPSA) is 69.6 Å². The molecule has 17 heavy (non-hydrogen) atoms. The molecule has 2 N–H and O–H groups in total. The molecule has 2 heterocycles. The zero-order chi connectivity index (χ0) is 11.7. The first-order chi connectivity index (χ1) is 8.36. The smallest absolute Gasteiger partial charge is 0.184 e.